The molecule has 2 aliphatic rings. The first-order chi connectivity index (χ1) is 12.2. The minimum atomic E-state index is -0.0106. The Bertz CT molecular complexity index is 588. The van der Waals surface area contributed by atoms with Gasteiger partial charge in [-0.05, 0) is 24.6 Å². The van der Waals surface area contributed by atoms with Crippen LogP contribution in [-0.4, -0.2) is 75.0 Å². The number of nitrogens with one attached hydrogen (secondary N) is 1. The lowest BCUT2D eigenvalue weighted by atomic mass is 10.1. The molecular weight excluding hydrogens is 322 g/mol. The van der Waals surface area contributed by atoms with E-state index < -0.39 is 0 Å². The standard InChI is InChI=1S/C18H27N3O4/c1-14(13-23-2)19-18(22)21-7-5-20(6-8-21)12-15-3-4-16-17(11-15)25-10-9-24-16/h3-4,11,14H,5-10,12-13H2,1-2H3,(H,19,22)/t14-/m0/s1. The number of carbonyl (C=O) groups is 1. The van der Waals surface area contributed by atoms with Gasteiger partial charge in [-0.2, -0.15) is 0 Å². The minimum Gasteiger partial charge on any atom is -0.486 e. The highest BCUT2D eigenvalue weighted by atomic mass is 16.6. The minimum absolute atomic E-state index is 0.0106. The van der Waals surface area contributed by atoms with Crippen LogP contribution in [0.1, 0.15) is 12.5 Å². The number of hydrogen-bond donors (Lipinski definition) is 1. The fraction of sp³-hybridized carbons (Fsp3) is 0.611. The largest absolute Gasteiger partial charge is 0.486 e. The summed E-state index contributed by atoms with van der Waals surface area (Å²) in [4.78, 5) is 16.4. The number of methoxy groups -OCH3 is 1. The topological polar surface area (TPSA) is 63.3 Å². The summed E-state index contributed by atoms with van der Waals surface area (Å²) in [5.41, 5.74) is 1.20. The van der Waals surface area contributed by atoms with E-state index >= 15 is 0 Å². The van der Waals surface area contributed by atoms with Gasteiger partial charge < -0.3 is 24.4 Å². The first-order valence-corrected chi connectivity index (χ1v) is 8.81. The third-order valence-electron chi connectivity index (χ3n) is 4.46. The summed E-state index contributed by atoms with van der Waals surface area (Å²) in [6.07, 6.45) is 0. The van der Waals surface area contributed by atoms with Crippen molar-refractivity contribution < 1.29 is 19.0 Å². The van der Waals surface area contributed by atoms with E-state index in [-0.39, 0.29) is 12.1 Å². The number of rotatable bonds is 5. The Kier molecular flexibility index (Phi) is 5.99. The van der Waals surface area contributed by atoms with Crippen LogP contribution in [0.25, 0.3) is 0 Å². The summed E-state index contributed by atoms with van der Waals surface area (Å²) in [6.45, 7) is 7.72. The number of benzene rings is 1. The Labute approximate surface area is 148 Å². The lowest BCUT2D eigenvalue weighted by Gasteiger charge is -2.35. The molecule has 7 heteroatoms. The number of amides is 2. The number of fused-ring (bicyclic) bond motifs is 1. The molecule has 0 aliphatic carbocycles. The first kappa shape index (κ1) is 17.8. The van der Waals surface area contributed by atoms with Crippen molar-refractivity contribution in [2.45, 2.75) is 19.5 Å². The van der Waals surface area contributed by atoms with Gasteiger partial charge in [-0.3, -0.25) is 4.90 Å². The molecule has 1 fully saturated rings. The third kappa shape index (κ3) is 4.76. The van der Waals surface area contributed by atoms with Gasteiger partial charge in [-0.15, -0.1) is 0 Å². The molecule has 0 spiro atoms. The monoisotopic (exact) mass is 349 g/mol. The van der Waals surface area contributed by atoms with Gasteiger partial charge in [-0.1, -0.05) is 6.07 Å². The van der Waals surface area contributed by atoms with Crippen LogP contribution in [0.2, 0.25) is 0 Å². The van der Waals surface area contributed by atoms with E-state index in [1.54, 1.807) is 7.11 Å². The maximum atomic E-state index is 12.2. The van der Waals surface area contributed by atoms with E-state index in [0.717, 1.165) is 44.2 Å². The molecule has 0 aromatic heterocycles. The number of ether oxygens (including phenoxy) is 3. The predicted molar refractivity (Wildman–Crippen MR) is 94.2 cm³/mol. The lowest BCUT2D eigenvalue weighted by Crippen LogP contribution is -2.53. The van der Waals surface area contributed by atoms with Gasteiger partial charge in [0.15, 0.2) is 11.5 Å². The van der Waals surface area contributed by atoms with Gasteiger partial charge in [0.1, 0.15) is 13.2 Å². The zero-order valence-corrected chi connectivity index (χ0v) is 15.0. The Hall–Kier alpha value is -1.99. The fourth-order valence-corrected chi connectivity index (χ4v) is 3.15. The molecule has 138 valence electrons. The van der Waals surface area contributed by atoms with Crippen LogP contribution < -0.4 is 14.8 Å². The van der Waals surface area contributed by atoms with Gasteiger partial charge in [0.2, 0.25) is 0 Å². The van der Waals surface area contributed by atoms with Crippen molar-refractivity contribution in [3.8, 4) is 11.5 Å². The average molecular weight is 349 g/mol. The summed E-state index contributed by atoms with van der Waals surface area (Å²) < 4.78 is 16.3. The van der Waals surface area contributed by atoms with Gasteiger partial charge in [0.25, 0.3) is 0 Å². The smallest absolute Gasteiger partial charge is 0.317 e. The summed E-state index contributed by atoms with van der Waals surface area (Å²) in [5, 5.41) is 2.96. The number of hydrogen-bond acceptors (Lipinski definition) is 5. The van der Waals surface area contributed by atoms with Gasteiger partial charge in [0.05, 0.1) is 12.6 Å². The summed E-state index contributed by atoms with van der Waals surface area (Å²) in [7, 11) is 1.64. The molecular formula is C18H27N3O4. The van der Waals surface area contributed by atoms with E-state index in [0.29, 0.717) is 19.8 Å². The van der Waals surface area contributed by atoms with Crippen molar-refractivity contribution in [2.75, 3.05) is 53.1 Å². The molecule has 3 rings (SSSR count). The lowest BCUT2D eigenvalue weighted by molar-refractivity contribution is 0.126. The molecule has 1 N–H and O–H groups in total. The highest BCUT2D eigenvalue weighted by Crippen LogP contribution is 2.31. The number of piperazine rings is 1. The van der Waals surface area contributed by atoms with Gasteiger partial charge in [0, 0.05) is 39.8 Å². The van der Waals surface area contributed by atoms with Crippen molar-refractivity contribution in [3.63, 3.8) is 0 Å². The zero-order chi connectivity index (χ0) is 17.6. The van der Waals surface area contributed by atoms with Crippen molar-refractivity contribution in [2.24, 2.45) is 0 Å². The molecule has 2 aliphatic heterocycles. The summed E-state index contributed by atoms with van der Waals surface area (Å²) in [6, 6.07) is 6.13. The SMILES string of the molecule is COC[C@H](C)NC(=O)N1CCN(Cc2ccc3c(c2)OCCO3)CC1. The zero-order valence-electron chi connectivity index (χ0n) is 15.0. The number of carbonyl (C=O) groups excluding carboxylic acids is 1. The second-order valence-corrected chi connectivity index (χ2v) is 6.55. The molecule has 0 bridgehead atoms. The molecule has 2 amide bonds. The summed E-state index contributed by atoms with van der Waals surface area (Å²) >= 11 is 0. The highest BCUT2D eigenvalue weighted by Gasteiger charge is 2.22. The van der Waals surface area contributed by atoms with E-state index in [2.05, 4.69) is 22.3 Å². The average Bonchev–Trinajstić information content (AvgIpc) is 2.62. The van der Waals surface area contributed by atoms with Gasteiger partial charge >= 0.3 is 6.03 Å². The maximum absolute atomic E-state index is 12.2. The quantitative estimate of drug-likeness (QED) is 0.869. The molecule has 0 radical (unpaired) electrons. The third-order valence-corrected chi connectivity index (χ3v) is 4.46. The van der Waals surface area contributed by atoms with Crippen LogP contribution in [0.4, 0.5) is 4.79 Å². The van der Waals surface area contributed by atoms with Crippen molar-refractivity contribution >= 4 is 6.03 Å². The molecule has 2 heterocycles. The van der Waals surface area contributed by atoms with Gasteiger partial charge in [-0.25, -0.2) is 4.79 Å². The van der Waals surface area contributed by atoms with Crippen molar-refractivity contribution in [1.29, 1.82) is 0 Å². The Morgan fingerprint density at radius 1 is 1.20 bits per heavy atom. The number of nitrogens with zero attached hydrogens (tertiary/aromatic N) is 2. The molecule has 0 unspecified atom stereocenters. The number of urea groups is 1. The molecule has 25 heavy (non-hydrogen) atoms. The first-order valence-electron chi connectivity index (χ1n) is 8.81. The maximum Gasteiger partial charge on any atom is 0.317 e. The van der Waals surface area contributed by atoms with E-state index in [1.165, 1.54) is 5.56 Å². The molecule has 1 saturated heterocycles. The predicted octanol–water partition coefficient (Wildman–Crippen LogP) is 1.32. The molecule has 1 aromatic rings. The second-order valence-electron chi connectivity index (χ2n) is 6.55. The molecule has 0 saturated carbocycles. The Morgan fingerprint density at radius 3 is 2.64 bits per heavy atom. The van der Waals surface area contributed by atoms with Crippen LogP contribution in [0.5, 0.6) is 11.5 Å². The second kappa shape index (κ2) is 8.40. The van der Waals surface area contributed by atoms with Crippen molar-refractivity contribution in [1.82, 2.24) is 15.1 Å². The van der Waals surface area contributed by atoms with Crippen LogP contribution in [0.3, 0.4) is 0 Å². The Balaban J connectivity index is 1.47. The molecule has 1 aromatic carbocycles. The molecule has 1 atom stereocenters. The fourth-order valence-electron chi connectivity index (χ4n) is 3.15. The Morgan fingerprint density at radius 2 is 1.92 bits per heavy atom. The normalized spacial score (nSPS) is 18.7. The van der Waals surface area contributed by atoms with E-state index in [4.69, 9.17) is 14.2 Å². The van der Waals surface area contributed by atoms with E-state index in [1.807, 2.05) is 17.9 Å². The van der Waals surface area contributed by atoms with Crippen LogP contribution in [-0.2, 0) is 11.3 Å². The van der Waals surface area contributed by atoms with Crippen LogP contribution >= 0.6 is 0 Å². The van der Waals surface area contributed by atoms with E-state index in [9.17, 15) is 4.79 Å². The van der Waals surface area contributed by atoms with Crippen LogP contribution in [0.15, 0.2) is 18.2 Å². The highest BCUT2D eigenvalue weighted by molar-refractivity contribution is 5.74. The summed E-state index contributed by atoms with van der Waals surface area (Å²) in [5.74, 6) is 1.65. The molecule has 7 nitrogen and oxygen atoms in total. The van der Waals surface area contributed by atoms with Crippen molar-refractivity contribution in [3.05, 3.63) is 23.8 Å². The van der Waals surface area contributed by atoms with Crippen LogP contribution in [0, 0.1) is 0 Å².